The molecule has 0 saturated carbocycles. The number of aryl methyl sites for hydroxylation is 2. The van der Waals surface area contributed by atoms with Gasteiger partial charge in [-0.05, 0) is 43.4 Å². The van der Waals surface area contributed by atoms with Gasteiger partial charge in [0.05, 0.1) is 5.69 Å². The summed E-state index contributed by atoms with van der Waals surface area (Å²) in [6, 6.07) is 7.38. The van der Waals surface area contributed by atoms with Crippen LogP contribution >= 0.6 is 0 Å². The fourth-order valence-corrected chi connectivity index (χ4v) is 3.36. The highest BCUT2D eigenvalue weighted by Crippen LogP contribution is 2.23. The predicted octanol–water partition coefficient (Wildman–Crippen LogP) is 1.98. The Balaban J connectivity index is 1.51. The molecule has 0 unspecified atom stereocenters. The van der Waals surface area contributed by atoms with Crippen LogP contribution in [-0.2, 0) is 32.0 Å². The SMILES string of the molecule is CCCCCCc1ccc(N2C(=O)C(=O)C(=O)N2COCCCCc2nn[nH]n2)cc1. The maximum Gasteiger partial charge on any atom is 0.323 e. The van der Waals surface area contributed by atoms with Gasteiger partial charge in [-0.1, -0.05) is 43.5 Å². The lowest BCUT2D eigenvalue weighted by atomic mass is 10.1. The number of H-pyrrole nitrogens is 1. The lowest BCUT2D eigenvalue weighted by molar-refractivity contribution is -0.144. The van der Waals surface area contributed by atoms with Gasteiger partial charge in [-0.25, -0.2) is 10.0 Å². The molecule has 1 N–H and O–H groups in total. The van der Waals surface area contributed by atoms with E-state index in [9.17, 15) is 14.4 Å². The molecule has 2 aromatic rings. The minimum Gasteiger partial charge on any atom is -0.359 e. The van der Waals surface area contributed by atoms with Crippen LogP contribution in [0.25, 0.3) is 0 Å². The number of hydrogen-bond donors (Lipinski definition) is 1. The van der Waals surface area contributed by atoms with E-state index in [0.717, 1.165) is 34.8 Å². The molecule has 31 heavy (non-hydrogen) atoms. The Morgan fingerprint density at radius 1 is 0.935 bits per heavy atom. The number of rotatable bonds is 13. The Kier molecular flexibility index (Phi) is 8.22. The largest absolute Gasteiger partial charge is 0.359 e. The van der Waals surface area contributed by atoms with Gasteiger partial charge in [0.15, 0.2) is 5.82 Å². The second kappa shape index (κ2) is 11.3. The number of ketones is 1. The molecule has 10 nitrogen and oxygen atoms in total. The van der Waals surface area contributed by atoms with Crippen molar-refractivity contribution in [2.75, 3.05) is 18.3 Å². The van der Waals surface area contributed by atoms with Crippen molar-refractivity contribution in [1.82, 2.24) is 25.6 Å². The van der Waals surface area contributed by atoms with E-state index in [4.69, 9.17) is 4.74 Å². The Hall–Kier alpha value is -3.14. The van der Waals surface area contributed by atoms with E-state index in [2.05, 4.69) is 27.5 Å². The molecular weight excluding hydrogens is 400 g/mol. The summed E-state index contributed by atoms with van der Waals surface area (Å²) in [7, 11) is 0. The summed E-state index contributed by atoms with van der Waals surface area (Å²) in [6.45, 7) is 2.38. The third kappa shape index (κ3) is 5.94. The van der Waals surface area contributed by atoms with Crippen LogP contribution in [0.5, 0.6) is 0 Å². The van der Waals surface area contributed by atoms with Crippen molar-refractivity contribution in [2.45, 2.75) is 58.3 Å². The minimum atomic E-state index is -1.05. The molecule has 1 aliphatic heterocycles. The number of unbranched alkanes of at least 4 members (excludes halogenated alkanes) is 4. The average molecular weight is 428 g/mol. The summed E-state index contributed by atoms with van der Waals surface area (Å²) in [4.78, 5) is 36.6. The number of ether oxygens (including phenoxy) is 1. The topological polar surface area (TPSA) is 121 Å². The van der Waals surface area contributed by atoms with E-state index in [-0.39, 0.29) is 6.73 Å². The Labute approximate surface area is 180 Å². The van der Waals surface area contributed by atoms with Crippen LogP contribution in [-0.4, -0.2) is 56.6 Å². The number of Topliss-reactive ketones (excluding diaryl/α,β-unsaturated/α-hetero) is 1. The molecule has 2 amide bonds. The van der Waals surface area contributed by atoms with Crippen molar-refractivity contribution in [3.63, 3.8) is 0 Å². The van der Waals surface area contributed by atoms with Gasteiger partial charge in [0.25, 0.3) is 0 Å². The molecule has 0 atom stereocenters. The van der Waals surface area contributed by atoms with Crippen molar-refractivity contribution in [2.24, 2.45) is 0 Å². The molecule has 1 aromatic carbocycles. The van der Waals surface area contributed by atoms with Gasteiger partial charge in [-0.3, -0.25) is 14.4 Å². The van der Waals surface area contributed by atoms with Crippen molar-refractivity contribution in [3.8, 4) is 0 Å². The lowest BCUT2D eigenvalue weighted by Crippen LogP contribution is -2.42. The van der Waals surface area contributed by atoms with Crippen LogP contribution in [0, 0.1) is 0 Å². The van der Waals surface area contributed by atoms with Gasteiger partial charge in [-0.15, -0.1) is 10.2 Å². The number of aromatic amines is 1. The smallest absolute Gasteiger partial charge is 0.323 e. The molecule has 1 saturated heterocycles. The van der Waals surface area contributed by atoms with E-state index < -0.39 is 17.6 Å². The maximum atomic E-state index is 12.4. The van der Waals surface area contributed by atoms with Crippen molar-refractivity contribution >= 4 is 23.3 Å². The number of hydrogen-bond acceptors (Lipinski definition) is 7. The van der Waals surface area contributed by atoms with E-state index >= 15 is 0 Å². The Morgan fingerprint density at radius 3 is 2.42 bits per heavy atom. The fourth-order valence-electron chi connectivity index (χ4n) is 3.36. The standard InChI is InChI=1S/C21H28N6O4/c1-2-3-4-5-8-16-10-12-17(13-11-16)27-21(30)19(28)20(29)26(27)15-31-14-7-6-9-18-22-24-25-23-18/h10-13H,2-9,14-15H2,1H3,(H,22,23,24,25). The van der Waals surface area contributed by atoms with Crippen molar-refractivity contribution in [1.29, 1.82) is 0 Å². The number of aromatic nitrogens is 4. The molecule has 166 valence electrons. The Bertz CT molecular complexity index is 869. The molecule has 0 aliphatic carbocycles. The summed E-state index contributed by atoms with van der Waals surface area (Å²) < 4.78 is 5.55. The van der Waals surface area contributed by atoms with Crippen LogP contribution in [0.4, 0.5) is 5.69 Å². The highest BCUT2D eigenvalue weighted by atomic mass is 16.5. The minimum absolute atomic E-state index is 0.169. The number of hydrazine groups is 1. The highest BCUT2D eigenvalue weighted by molar-refractivity contribution is 6.68. The first-order valence-corrected chi connectivity index (χ1v) is 10.7. The van der Waals surface area contributed by atoms with E-state index in [0.29, 0.717) is 31.0 Å². The van der Waals surface area contributed by atoms with E-state index in [1.807, 2.05) is 12.1 Å². The van der Waals surface area contributed by atoms with Gasteiger partial charge in [0, 0.05) is 13.0 Å². The predicted molar refractivity (Wildman–Crippen MR) is 112 cm³/mol. The maximum absolute atomic E-state index is 12.4. The van der Waals surface area contributed by atoms with Gasteiger partial charge >= 0.3 is 17.6 Å². The summed E-state index contributed by atoms with van der Waals surface area (Å²) in [5.74, 6) is -2.16. The number of nitrogens with one attached hydrogen (secondary N) is 1. The van der Waals surface area contributed by atoms with Crippen LogP contribution in [0.3, 0.4) is 0 Å². The molecule has 1 aromatic heterocycles. The zero-order valence-corrected chi connectivity index (χ0v) is 17.7. The zero-order chi connectivity index (χ0) is 22.1. The van der Waals surface area contributed by atoms with Gasteiger partial charge in [0.1, 0.15) is 6.73 Å². The molecule has 2 heterocycles. The molecule has 1 fully saturated rings. The third-order valence-corrected chi connectivity index (χ3v) is 5.10. The first-order valence-electron chi connectivity index (χ1n) is 10.7. The number of benzene rings is 1. The summed E-state index contributed by atoms with van der Waals surface area (Å²) in [5.41, 5.74) is 1.63. The van der Waals surface area contributed by atoms with Gasteiger partial charge in [0.2, 0.25) is 0 Å². The highest BCUT2D eigenvalue weighted by Gasteiger charge is 2.45. The van der Waals surface area contributed by atoms with Crippen LogP contribution < -0.4 is 5.01 Å². The molecule has 1 aliphatic rings. The second-order valence-electron chi connectivity index (χ2n) is 7.45. The monoisotopic (exact) mass is 428 g/mol. The van der Waals surface area contributed by atoms with Crippen LogP contribution in [0.15, 0.2) is 24.3 Å². The molecule has 0 spiro atoms. The number of anilines is 1. The first-order chi connectivity index (χ1) is 15.1. The number of carbonyl (C=O) groups excluding carboxylic acids is 3. The van der Waals surface area contributed by atoms with E-state index in [1.165, 1.54) is 19.3 Å². The lowest BCUT2D eigenvalue weighted by Gasteiger charge is -2.26. The van der Waals surface area contributed by atoms with Gasteiger partial charge < -0.3 is 4.74 Å². The zero-order valence-electron chi connectivity index (χ0n) is 17.7. The molecule has 10 heteroatoms. The normalized spacial score (nSPS) is 14.2. The van der Waals surface area contributed by atoms with Crippen molar-refractivity contribution < 1.29 is 19.1 Å². The quantitative estimate of drug-likeness (QED) is 0.382. The van der Waals surface area contributed by atoms with Crippen LogP contribution in [0.2, 0.25) is 0 Å². The first kappa shape index (κ1) is 22.5. The number of nitrogens with zero attached hydrogens (tertiary/aromatic N) is 5. The van der Waals surface area contributed by atoms with E-state index in [1.54, 1.807) is 12.1 Å². The Morgan fingerprint density at radius 2 is 1.71 bits per heavy atom. The molecule has 0 bridgehead atoms. The summed E-state index contributed by atoms with van der Waals surface area (Å²) >= 11 is 0. The third-order valence-electron chi connectivity index (χ3n) is 5.10. The van der Waals surface area contributed by atoms with Crippen molar-refractivity contribution in [3.05, 3.63) is 35.7 Å². The number of carbonyl (C=O) groups is 3. The molecular formula is C21H28N6O4. The summed E-state index contributed by atoms with van der Waals surface area (Å²) in [6.07, 6.45) is 7.83. The molecule has 3 rings (SSSR count). The van der Waals surface area contributed by atoms with Crippen LogP contribution in [0.1, 0.15) is 56.8 Å². The second-order valence-corrected chi connectivity index (χ2v) is 7.45. The number of tetrazole rings is 1. The summed E-state index contributed by atoms with van der Waals surface area (Å²) in [5, 5.41) is 15.8. The average Bonchev–Trinajstić information content (AvgIpc) is 3.37. The molecule has 0 radical (unpaired) electrons. The van der Waals surface area contributed by atoms with Gasteiger partial charge in [-0.2, -0.15) is 5.21 Å². The fraction of sp³-hybridized carbons (Fsp3) is 0.524. The number of amides is 2.